The van der Waals surface area contributed by atoms with Crippen molar-refractivity contribution in [2.45, 2.75) is 0 Å². The summed E-state index contributed by atoms with van der Waals surface area (Å²) in [7, 11) is 2.20. The van der Waals surface area contributed by atoms with Gasteiger partial charge >= 0.3 is 7.12 Å². The Morgan fingerprint density at radius 2 is 1.57 bits per heavy atom. The summed E-state index contributed by atoms with van der Waals surface area (Å²) < 4.78 is 15.7. The molecule has 2 aromatic carbocycles. The quantitative estimate of drug-likeness (QED) is 0.651. The Hall–Kier alpha value is -2.40. The Balaban J connectivity index is 2.04. The van der Waals surface area contributed by atoms with Crippen LogP contribution >= 0.6 is 0 Å². The molecule has 2 aromatic rings. The minimum absolute atomic E-state index is 0.692. The summed E-state index contributed by atoms with van der Waals surface area (Å²) in [6.45, 7) is 0. The molecule has 1 N–H and O–H groups in total. The van der Waals surface area contributed by atoms with E-state index in [0.717, 1.165) is 5.56 Å². The Morgan fingerprint density at radius 3 is 2.14 bits per heavy atom. The van der Waals surface area contributed by atoms with Crippen LogP contribution in [-0.2, 0) is 4.65 Å². The van der Waals surface area contributed by atoms with E-state index in [4.69, 9.17) is 14.1 Å². The molecule has 0 aliphatic carbocycles. The van der Waals surface area contributed by atoms with Gasteiger partial charge in [0.25, 0.3) is 0 Å². The van der Waals surface area contributed by atoms with Gasteiger partial charge in [0.1, 0.15) is 11.5 Å². The van der Waals surface area contributed by atoms with Gasteiger partial charge < -0.3 is 19.2 Å². The molecule has 0 aromatic heterocycles. The normalized spacial score (nSPS) is 10.4. The van der Waals surface area contributed by atoms with Crippen molar-refractivity contribution in [3.8, 4) is 11.5 Å². The van der Waals surface area contributed by atoms with Crippen LogP contribution in [0.1, 0.15) is 5.56 Å². The fourth-order valence-electron chi connectivity index (χ4n) is 1.81. The van der Waals surface area contributed by atoms with Crippen molar-refractivity contribution in [1.29, 1.82) is 0 Å². The average Bonchev–Trinajstić information content (AvgIpc) is 2.55. The highest BCUT2D eigenvalue weighted by atomic mass is 16.5. The highest BCUT2D eigenvalue weighted by Crippen LogP contribution is 2.23. The van der Waals surface area contributed by atoms with Gasteiger partial charge in [0.2, 0.25) is 0 Å². The number of methoxy groups -OCH3 is 2. The van der Waals surface area contributed by atoms with Crippen LogP contribution in [0, 0.1) is 0 Å². The van der Waals surface area contributed by atoms with Crippen molar-refractivity contribution in [2.24, 2.45) is 0 Å². The highest BCUT2D eigenvalue weighted by molar-refractivity contribution is 6.60. The lowest BCUT2D eigenvalue weighted by atomic mass is 9.80. The topological polar surface area (TPSA) is 47.9 Å². The number of hydrogen-bond donors (Lipinski definition) is 1. The molecule has 0 aliphatic rings. The van der Waals surface area contributed by atoms with Gasteiger partial charge in [-0.3, -0.25) is 0 Å². The Labute approximate surface area is 124 Å². The molecule has 5 heteroatoms. The number of hydrogen-bond acceptors (Lipinski definition) is 4. The molecule has 0 spiro atoms. The van der Waals surface area contributed by atoms with Gasteiger partial charge in [-0.1, -0.05) is 30.3 Å². The summed E-state index contributed by atoms with van der Waals surface area (Å²) in [5.41, 5.74) is 1.55. The maximum absolute atomic E-state index is 9.88. The molecule has 0 fully saturated rings. The minimum atomic E-state index is -0.991. The molecular weight excluding hydrogens is 267 g/mol. The van der Waals surface area contributed by atoms with Crippen LogP contribution in [0.4, 0.5) is 0 Å². The second kappa shape index (κ2) is 7.40. The second-order valence-electron chi connectivity index (χ2n) is 4.35. The smallest absolute Gasteiger partial charge is 0.538 e. The third-order valence-corrected chi connectivity index (χ3v) is 2.93. The van der Waals surface area contributed by atoms with E-state index in [2.05, 4.69) is 0 Å². The first-order valence-corrected chi connectivity index (χ1v) is 6.51. The fourth-order valence-corrected chi connectivity index (χ4v) is 1.81. The molecule has 0 amide bonds. The SMILES string of the molecule is COc1cc(C=COB(O)c2ccccc2)cc(OC)c1. The second-order valence-corrected chi connectivity index (χ2v) is 4.35. The molecule has 108 valence electrons. The molecule has 21 heavy (non-hydrogen) atoms. The lowest BCUT2D eigenvalue weighted by Gasteiger charge is -2.07. The molecule has 0 bridgehead atoms. The predicted octanol–water partition coefficient (Wildman–Crippen LogP) is 2.08. The van der Waals surface area contributed by atoms with Gasteiger partial charge in [-0.05, 0) is 29.2 Å². The molecule has 0 atom stereocenters. The fraction of sp³-hybridized carbons (Fsp3) is 0.125. The van der Waals surface area contributed by atoms with Crippen LogP contribution < -0.4 is 14.9 Å². The van der Waals surface area contributed by atoms with Gasteiger partial charge in [0.05, 0.1) is 20.5 Å². The maximum atomic E-state index is 9.88. The molecule has 0 saturated heterocycles. The van der Waals surface area contributed by atoms with Crippen LogP contribution in [0.15, 0.2) is 54.8 Å². The first-order chi connectivity index (χ1) is 10.2. The molecular formula is C16H17BO4. The number of benzene rings is 2. The maximum Gasteiger partial charge on any atom is 0.559 e. The summed E-state index contributed by atoms with van der Waals surface area (Å²) in [6.07, 6.45) is 3.18. The van der Waals surface area contributed by atoms with E-state index in [9.17, 15) is 5.02 Å². The molecule has 0 aliphatic heterocycles. The van der Waals surface area contributed by atoms with Crippen LogP contribution in [0.3, 0.4) is 0 Å². The van der Waals surface area contributed by atoms with Crippen molar-refractivity contribution < 1.29 is 19.2 Å². The molecule has 0 saturated carbocycles. The van der Waals surface area contributed by atoms with Crippen molar-refractivity contribution >= 4 is 18.7 Å². The summed E-state index contributed by atoms with van der Waals surface area (Å²) in [5.74, 6) is 1.38. The van der Waals surface area contributed by atoms with Crippen molar-refractivity contribution in [1.82, 2.24) is 0 Å². The molecule has 2 rings (SSSR count). The van der Waals surface area contributed by atoms with E-state index in [1.165, 1.54) is 6.26 Å². The molecule has 4 nitrogen and oxygen atoms in total. The Morgan fingerprint density at radius 1 is 0.952 bits per heavy atom. The lowest BCUT2D eigenvalue weighted by Crippen LogP contribution is -2.31. The first kappa shape index (κ1) is 15.0. The Bertz CT molecular complexity index is 576. The largest absolute Gasteiger partial charge is 0.559 e. The predicted molar refractivity (Wildman–Crippen MR) is 83.7 cm³/mol. The summed E-state index contributed by atoms with van der Waals surface area (Å²) in [6, 6.07) is 14.7. The zero-order chi connectivity index (χ0) is 15.1. The first-order valence-electron chi connectivity index (χ1n) is 6.51. The molecule has 0 radical (unpaired) electrons. The van der Waals surface area contributed by atoms with Gasteiger partial charge in [0, 0.05) is 6.07 Å². The van der Waals surface area contributed by atoms with E-state index in [-0.39, 0.29) is 0 Å². The van der Waals surface area contributed by atoms with Crippen molar-refractivity contribution in [3.05, 3.63) is 60.4 Å². The van der Waals surface area contributed by atoms with Gasteiger partial charge in [-0.25, -0.2) is 0 Å². The third kappa shape index (κ3) is 4.29. The van der Waals surface area contributed by atoms with E-state index < -0.39 is 7.12 Å². The zero-order valence-corrected chi connectivity index (χ0v) is 12.0. The average molecular weight is 284 g/mol. The molecule has 0 unspecified atom stereocenters. The lowest BCUT2D eigenvalue weighted by molar-refractivity contribution is 0.388. The van der Waals surface area contributed by atoms with Crippen LogP contribution in [0.2, 0.25) is 0 Å². The van der Waals surface area contributed by atoms with Gasteiger partial charge in [0.15, 0.2) is 0 Å². The van der Waals surface area contributed by atoms with E-state index >= 15 is 0 Å². The van der Waals surface area contributed by atoms with E-state index in [1.54, 1.807) is 38.5 Å². The van der Waals surface area contributed by atoms with E-state index in [0.29, 0.717) is 17.0 Å². The zero-order valence-electron chi connectivity index (χ0n) is 12.0. The number of rotatable bonds is 6. The summed E-state index contributed by atoms with van der Waals surface area (Å²) >= 11 is 0. The van der Waals surface area contributed by atoms with Crippen LogP contribution in [0.25, 0.3) is 6.08 Å². The standard InChI is InChI=1S/C16H17BO4/c1-19-15-10-13(11-16(12-15)20-2)8-9-21-17(18)14-6-4-3-5-7-14/h3-12,18H,1-2H3. The third-order valence-electron chi connectivity index (χ3n) is 2.93. The van der Waals surface area contributed by atoms with Crippen LogP contribution in [0.5, 0.6) is 11.5 Å². The minimum Gasteiger partial charge on any atom is -0.538 e. The van der Waals surface area contributed by atoms with Gasteiger partial charge in [-0.15, -0.1) is 0 Å². The van der Waals surface area contributed by atoms with Gasteiger partial charge in [-0.2, -0.15) is 0 Å². The Kier molecular flexibility index (Phi) is 5.29. The van der Waals surface area contributed by atoms with Crippen LogP contribution in [-0.4, -0.2) is 26.4 Å². The van der Waals surface area contributed by atoms with Crippen molar-refractivity contribution in [3.63, 3.8) is 0 Å². The summed E-state index contributed by atoms with van der Waals surface area (Å²) in [4.78, 5) is 0. The van der Waals surface area contributed by atoms with Crippen molar-refractivity contribution in [2.75, 3.05) is 14.2 Å². The monoisotopic (exact) mass is 284 g/mol. The highest BCUT2D eigenvalue weighted by Gasteiger charge is 2.15. The summed E-state index contributed by atoms with van der Waals surface area (Å²) in [5, 5.41) is 9.88. The number of ether oxygens (including phenoxy) is 2. The molecule has 0 heterocycles. The van der Waals surface area contributed by atoms with E-state index in [1.807, 2.05) is 30.3 Å².